The van der Waals surface area contributed by atoms with E-state index in [1.54, 1.807) is 0 Å². The summed E-state index contributed by atoms with van der Waals surface area (Å²) in [5.74, 6) is 0.691. The molecule has 2 aromatic rings. The quantitative estimate of drug-likeness (QED) is 0.702. The summed E-state index contributed by atoms with van der Waals surface area (Å²) in [7, 11) is 0. The lowest BCUT2D eigenvalue weighted by Gasteiger charge is -2.21. The molecule has 1 aliphatic carbocycles. The Kier molecular flexibility index (Phi) is 4.21. The molecule has 0 bridgehead atoms. The van der Waals surface area contributed by atoms with Crippen molar-refractivity contribution in [2.45, 2.75) is 58.3 Å². The van der Waals surface area contributed by atoms with Gasteiger partial charge in [0.1, 0.15) is 0 Å². The maximum atomic E-state index is 4.97. The van der Waals surface area contributed by atoms with Crippen LogP contribution in [-0.4, -0.2) is 4.98 Å². The first-order valence-corrected chi connectivity index (χ1v) is 8.66. The maximum absolute atomic E-state index is 4.97. The molecule has 0 unspecified atom stereocenters. The van der Waals surface area contributed by atoms with Crippen LogP contribution in [0.5, 0.6) is 0 Å². The Labute approximate surface area is 126 Å². The van der Waals surface area contributed by atoms with Gasteiger partial charge in [0.15, 0.2) is 0 Å². The van der Waals surface area contributed by atoms with Gasteiger partial charge in [-0.25, -0.2) is 4.98 Å². The van der Waals surface area contributed by atoms with Crippen molar-refractivity contribution in [3.8, 4) is 10.4 Å². The van der Waals surface area contributed by atoms with E-state index < -0.39 is 0 Å². The second kappa shape index (κ2) is 6.09. The van der Waals surface area contributed by atoms with Crippen molar-refractivity contribution >= 4 is 11.3 Å². The minimum Gasteiger partial charge on any atom is -0.245 e. The van der Waals surface area contributed by atoms with Crippen LogP contribution in [0.1, 0.15) is 61.2 Å². The molecule has 0 radical (unpaired) electrons. The highest BCUT2D eigenvalue weighted by Crippen LogP contribution is 2.40. The van der Waals surface area contributed by atoms with E-state index in [9.17, 15) is 0 Å². The average molecular weight is 285 g/mol. The molecular formula is C18H23NS. The van der Waals surface area contributed by atoms with E-state index in [1.807, 2.05) is 11.3 Å². The Morgan fingerprint density at radius 3 is 2.45 bits per heavy atom. The van der Waals surface area contributed by atoms with Gasteiger partial charge < -0.3 is 0 Å². The zero-order chi connectivity index (χ0) is 13.9. The summed E-state index contributed by atoms with van der Waals surface area (Å²) in [6.07, 6.45) is 7.85. The van der Waals surface area contributed by atoms with Gasteiger partial charge in [-0.3, -0.25) is 0 Å². The Balaban J connectivity index is 1.99. The van der Waals surface area contributed by atoms with Gasteiger partial charge in [0.05, 0.1) is 15.6 Å². The number of rotatable bonds is 3. The molecule has 1 aromatic heterocycles. The topological polar surface area (TPSA) is 12.9 Å². The van der Waals surface area contributed by atoms with E-state index in [1.165, 1.54) is 58.8 Å². The van der Waals surface area contributed by atoms with E-state index >= 15 is 0 Å². The maximum Gasteiger partial charge on any atom is 0.0932 e. The van der Waals surface area contributed by atoms with Crippen molar-refractivity contribution in [2.24, 2.45) is 0 Å². The summed E-state index contributed by atoms with van der Waals surface area (Å²) in [6.45, 7) is 4.36. The molecule has 2 heteroatoms. The summed E-state index contributed by atoms with van der Waals surface area (Å²) in [5.41, 5.74) is 4.07. The van der Waals surface area contributed by atoms with E-state index in [-0.39, 0.29) is 0 Å². The van der Waals surface area contributed by atoms with E-state index in [4.69, 9.17) is 4.98 Å². The van der Waals surface area contributed by atoms with Gasteiger partial charge in [-0.2, -0.15) is 0 Å². The number of nitrogens with zero attached hydrogens (tertiary/aromatic N) is 1. The Morgan fingerprint density at radius 1 is 1.10 bits per heavy atom. The summed E-state index contributed by atoms with van der Waals surface area (Å²) in [6, 6.07) is 8.94. The van der Waals surface area contributed by atoms with Gasteiger partial charge in [-0.15, -0.1) is 11.3 Å². The molecule has 1 saturated carbocycles. The number of hydrogen-bond acceptors (Lipinski definition) is 2. The number of aromatic nitrogens is 1. The van der Waals surface area contributed by atoms with Crippen molar-refractivity contribution in [3.05, 3.63) is 40.5 Å². The molecule has 1 nitrogen and oxygen atoms in total. The van der Waals surface area contributed by atoms with Crippen LogP contribution in [0.15, 0.2) is 24.3 Å². The summed E-state index contributed by atoms with van der Waals surface area (Å²) >= 11 is 1.90. The predicted molar refractivity (Wildman–Crippen MR) is 87.5 cm³/mol. The third-order valence-corrected chi connectivity index (χ3v) is 5.57. The van der Waals surface area contributed by atoms with Crippen LogP contribution in [0.4, 0.5) is 0 Å². The Bertz CT molecular complexity index is 562. The van der Waals surface area contributed by atoms with Gasteiger partial charge in [0.2, 0.25) is 0 Å². The van der Waals surface area contributed by atoms with E-state index in [0.717, 1.165) is 6.42 Å². The third-order valence-electron chi connectivity index (χ3n) is 4.31. The highest BCUT2D eigenvalue weighted by molar-refractivity contribution is 7.15. The lowest BCUT2D eigenvalue weighted by atomic mass is 9.86. The Hall–Kier alpha value is -1.15. The number of aryl methyl sites for hydroxylation is 2. The first-order valence-electron chi connectivity index (χ1n) is 7.84. The van der Waals surface area contributed by atoms with Crippen molar-refractivity contribution in [1.82, 2.24) is 4.98 Å². The van der Waals surface area contributed by atoms with Crippen LogP contribution in [0.3, 0.4) is 0 Å². The Morgan fingerprint density at radius 2 is 1.80 bits per heavy atom. The number of hydrogen-bond donors (Lipinski definition) is 0. The summed E-state index contributed by atoms with van der Waals surface area (Å²) in [5, 5.41) is 1.29. The molecule has 0 saturated heterocycles. The van der Waals surface area contributed by atoms with Crippen molar-refractivity contribution in [3.63, 3.8) is 0 Å². The zero-order valence-electron chi connectivity index (χ0n) is 12.5. The largest absolute Gasteiger partial charge is 0.245 e. The van der Waals surface area contributed by atoms with Crippen LogP contribution < -0.4 is 0 Å². The predicted octanol–water partition coefficient (Wildman–Crippen LogP) is 5.73. The third kappa shape index (κ3) is 2.80. The fourth-order valence-corrected chi connectivity index (χ4v) is 4.19. The molecule has 1 aliphatic rings. The van der Waals surface area contributed by atoms with Crippen LogP contribution in [0.25, 0.3) is 10.4 Å². The molecule has 0 aliphatic heterocycles. The first-order chi connectivity index (χ1) is 9.78. The minimum absolute atomic E-state index is 0.691. The van der Waals surface area contributed by atoms with Crippen LogP contribution in [0, 0.1) is 6.92 Å². The van der Waals surface area contributed by atoms with E-state index in [0.29, 0.717) is 5.92 Å². The molecular weight excluding hydrogens is 262 g/mol. The molecule has 0 spiro atoms. The van der Waals surface area contributed by atoms with Crippen LogP contribution >= 0.6 is 11.3 Å². The number of thiazole rings is 1. The normalized spacial score (nSPS) is 16.5. The zero-order valence-corrected chi connectivity index (χ0v) is 13.3. The molecule has 1 heterocycles. The minimum atomic E-state index is 0.691. The molecule has 3 rings (SSSR count). The molecule has 1 aromatic carbocycles. The van der Waals surface area contributed by atoms with Crippen LogP contribution in [0.2, 0.25) is 0 Å². The fourth-order valence-electron chi connectivity index (χ4n) is 3.09. The fraction of sp³-hybridized carbons (Fsp3) is 0.500. The number of benzene rings is 1. The van der Waals surface area contributed by atoms with Gasteiger partial charge in [-0.1, -0.05) is 56.0 Å². The van der Waals surface area contributed by atoms with Crippen LogP contribution in [-0.2, 0) is 6.42 Å². The summed E-state index contributed by atoms with van der Waals surface area (Å²) < 4.78 is 0. The van der Waals surface area contributed by atoms with Crippen molar-refractivity contribution in [2.75, 3.05) is 0 Å². The average Bonchev–Trinajstić information content (AvgIpc) is 2.93. The molecule has 106 valence electrons. The van der Waals surface area contributed by atoms with E-state index in [2.05, 4.69) is 38.1 Å². The lowest BCUT2D eigenvalue weighted by molar-refractivity contribution is 0.438. The smallest absolute Gasteiger partial charge is 0.0932 e. The van der Waals surface area contributed by atoms with Crippen molar-refractivity contribution in [1.29, 1.82) is 0 Å². The first kappa shape index (κ1) is 13.8. The van der Waals surface area contributed by atoms with Gasteiger partial charge in [0, 0.05) is 5.92 Å². The molecule has 1 fully saturated rings. The van der Waals surface area contributed by atoms with Crippen molar-refractivity contribution < 1.29 is 0 Å². The van der Waals surface area contributed by atoms with Gasteiger partial charge >= 0.3 is 0 Å². The molecule has 0 amide bonds. The second-order valence-electron chi connectivity index (χ2n) is 5.88. The standard InChI is InChI=1S/C18H23NS/c1-3-16-19-17(14-7-5-4-6-8-14)18(20-16)15-11-9-13(2)10-12-15/h9-12,14H,3-8H2,1-2H3. The molecule has 0 atom stereocenters. The monoisotopic (exact) mass is 285 g/mol. The van der Waals surface area contributed by atoms with Gasteiger partial charge in [0.25, 0.3) is 0 Å². The van der Waals surface area contributed by atoms with Gasteiger partial charge in [-0.05, 0) is 31.7 Å². The molecule has 0 N–H and O–H groups in total. The lowest BCUT2D eigenvalue weighted by Crippen LogP contribution is -2.06. The highest BCUT2D eigenvalue weighted by atomic mass is 32.1. The second-order valence-corrected chi connectivity index (χ2v) is 6.96. The highest BCUT2D eigenvalue weighted by Gasteiger charge is 2.23. The molecule has 20 heavy (non-hydrogen) atoms. The SMILES string of the molecule is CCc1nc(C2CCCCC2)c(-c2ccc(C)cc2)s1. The summed E-state index contributed by atoms with van der Waals surface area (Å²) in [4.78, 5) is 6.39.